The summed E-state index contributed by atoms with van der Waals surface area (Å²) in [7, 11) is 0. The Morgan fingerprint density at radius 1 is 1.18 bits per heavy atom. The van der Waals surface area contributed by atoms with E-state index >= 15 is 4.39 Å². The van der Waals surface area contributed by atoms with Gasteiger partial charge >= 0.3 is 0 Å². The van der Waals surface area contributed by atoms with Crippen molar-refractivity contribution >= 4 is 38.5 Å². The van der Waals surface area contributed by atoms with Gasteiger partial charge in [0.2, 0.25) is 0 Å². The highest BCUT2D eigenvalue weighted by Crippen LogP contribution is 2.40. The van der Waals surface area contributed by atoms with Gasteiger partial charge in [-0.2, -0.15) is 5.26 Å². The number of anilines is 1. The molecule has 9 heteroatoms. The summed E-state index contributed by atoms with van der Waals surface area (Å²) < 4.78 is 30.2. The Hall–Kier alpha value is -3.61. The van der Waals surface area contributed by atoms with Gasteiger partial charge in [-0.3, -0.25) is 4.79 Å². The zero-order valence-electron chi connectivity index (χ0n) is 23.8. The molecule has 0 aliphatic carbocycles. The predicted molar refractivity (Wildman–Crippen MR) is 158 cm³/mol. The molecule has 40 heavy (non-hydrogen) atoms. The van der Waals surface area contributed by atoms with Crippen molar-refractivity contribution in [3.63, 3.8) is 0 Å². The Bertz CT molecular complexity index is 1630. The second-order valence-corrected chi connectivity index (χ2v) is 10.7. The maximum atomic E-state index is 16.8. The molecule has 0 radical (unpaired) electrons. The van der Waals surface area contributed by atoms with E-state index in [2.05, 4.69) is 28.2 Å². The first-order valence-corrected chi connectivity index (χ1v) is 14.3. The molecular formula is C31H38FN5O3. The maximum Gasteiger partial charge on any atom is 0.199 e. The molecule has 5 rings (SSSR count). The van der Waals surface area contributed by atoms with Gasteiger partial charge in [0, 0.05) is 49.2 Å². The SMILES string of the molecule is CCCOCCNC1CCN(c2c(OCC)cc3c(=O)c4c5ccc(C#N)cc5[nH]c4n(C(C)C)c3c2F)CC1. The third-order valence-corrected chi connectivity index (χ3v) is 7.70. The summed E-state index contributed by atoms with van der Waals surface area (Å²) in [5.74, 6) is -0.0466. The normalized spacial score (nSPS) is 14.6. The van der Waals surface area contributed by atoms with Crippen LogP contribution < -0.4 is 20.4 Å². The lowest BCUT2D eigenvalue weighted by molar-refractivity contribution is 0.133. The summed E-state index contributed by atoms with van der Waals surface area (Å²) in [5.41, 5.74) is 2.15. The summed E-state index contributed by atoms with van der Waals surface area (Å²) in [6.07, 6.45) is 2.75. The molecular weight excluding hydrogens is 509 g/mol. The number of ether oxygens (including phenoxy) is 2. The van der Waals surface area contributed by atoms with E-state index in [4.69, 9.17) is 9.47 Å². The van der Waals surface area contributed by atoms with Gasteiger partial charge in [0.1, 0.15) is 17.1 Å². The van der Waals surface area contributed by atoms with E-state index in [1.807, 2.05) is 25.3 Å². The number of hydrogen-bond acceptors (Lipinski definition) is 6. The van der Waals surface area contributed by atoms with Gasteiger partial charge in [0.25, 0.3) is 0 Å². The number of rotatable bonds is 10. The summed E-state index contributed by atoms with van der Waals surface area (Å²) in [6, 6.07) is 9.28. The fourth-order valence-electron chi connectivity index (χ4n) is 5.89. The van der Waals surface area contributed by atoms with Crippen LogP contribution in [0.3, 0.4) is 0 Å². The van der Waals surface area contributed by atoms with Crippen molar-refractivity contribution in [2.24, 2.45) is 0 Å². The fourth-order valence-corrected chi connectivity index (χ4v) is 5.89. The van der Waals surface area contributed by atoms with Gasteiger partial charge < -0.3 is 29.2 Å². The summed E-state index contributed by atoms with van der Waals surface area (Å²) in [5, 5.41) is 14.4. The highest BCUT2D eigenvalue weighted by molar-refractivity contribution is 6.10. The Morgan fingerprint density at radius 3 is 2.62 bits per heavy atom. The highest BCUT2D eigenvalue weighted by Gasteiger charge is 2.29. The number of benzene rings is 2. The van der Waals surface area contributed by atoms with Crippen LogP contribution in [0.15, 0.2) is 29.1 Å². The van der Waals surface area contributed by atoms with Crippen molar-refractivity contribution in [3.8, 4) is 11.8 Å². The van der Waals surface area contributed by atoms with E-state index in [9.17, 15) is 10.1 Å². The minimum atomic E-state index is -0.440. The number of nitrogens with zero attached hydrogens (tertiary/aromatic N) is 3. The molecule has 0 saturated carbocycles. The Kier molecular flexibility index (Phi) is 8.29. The molecule has 1 aliphatic heterocycles. The largest absolute Gasteiger partial charge is 0.492 e. The number of piperidine rings is 1. The van der Waals surface area contributed by atoms with E-state index < -0.39 is 5.82 Å². The lowest BCUT2D eigenvalue weighted by Crippen LogP contribution is -2.44. The summed E-state index contributed by atoms with van der Waals surface area (Å²) in [6.45, 7) is 11.9. The maximum absolute atomic E-state index is 16.8. The van der Waals surface area contributed by atoms with E-state index in [0.717, 1.165) is 32.4 Å². The minimum Gasteiger partial charge on any atom is -0.492 e. The first kappa shape index (κ1) is 27.9. The number of pyridine rings is 1. The smallest absolute Gasteiger partial charge is 0.199 e. The number of halogens is 1. The first-order valence-electron chi connectivity index (χ1n) is 14.3. The van der Waals surface area contributed by atoms with Crippen LogP contribution in [0.4, 0.5) is 10.1 Å². The molecule has 0 unspecified atom stereocenters. The number of aromatic nitrogens is 2. The zero-order chi connectivity index (χ0) is 28.4. The molecule has 2 aromatic heterocycles. The first-order chi connectivity index (χ1) is 19.4. The second-order valence-electron chi connectivity index (χ2n) is 10.7. The van der Waals surface area contributed by atoms with Crippen LogP contribution in [-0.2, 0) is 4.74 Å². The number of nitriles is 1. The zero-order valence-corrected chi connectivity index (χ0v) is 23.8. The van der Waals surface area contributed by atoms with E-state index in [-0.39, 0.29) is 17.0 Å². The van der Waals surface area contributed by atoms with Gasteiger partial charge in [0.05, 0.1) is 41.1 Å². The van der Waals surface area contributed by atoms with Crippen LogP contribution in [0.2, 0.25) is 0 Å². The quantitative estimate of drug-likeness (QED) is 0.251. The van der Waals surface area contributed by atoms with Crippen LogP contribution in [0.5, 0.6) is 5.75 Å². The van der Waals surface area contributed by atoms with Gasteiger partial charge in [-0.15, -0.1) is 0 Å². The molecule has 212 valence electrons. The number of fused-ring (bicyclic) bond motifs is 4. The predicted octanol–water partition coefficient (Wildman–Crippen LogP) is 5.61. The molecule has 3 heterocycles. The van der Waals surface area contributed by atoms with E-state index in [0.29, 0.717) is 76.7 Å². The number of nitrogens with one attached hydrogen (secondary N) is 2. The van der Waals surface area contributed by atoms with Crippen molar-refractivity contribution in [1.29, 1.82) is 5.26 Å². The van der Waals surface area contributed by atoms with Gasteiger partial charge in [0.15, 0.2) is 11.2 Å². The Labute approximate surface area is 233 Å². The van der Waals surface area contributed by atoms with Crippen LogP contribution in [-0.4, -0.2) is 55.0 Å². The molecule has 1 saturated heterocycles. The van der Waals surface area contributed by atoms with E-state index in [1.54, 1.807) is 24.3 Å². The minimum absolute atomic E-state index is 0.140. The Balaban J connectivity index is 1.60. The topological polar surface area (TPSA) is 95.3 Å². The van der Waals surface area contributed by atoms with Crippen LogP contribution in [0, 0.1) is 17.1 Å². The average Bonchev–Trinajstić information content (AvgIpc) is 3.33. The van der Waals surface area contributed by atoms with Crippen molar-refractivity contribution in [1.82, 2.24) is 14.9 Å². The Morgan fingerprint density at radius 2 is 1.95 bits per heavy atom. The molecule has 0 bridgehead atoms. The van der Waals surface area contributed by atoms with E-state index in [1.165, 1.54) is 0 Å². The molecule has 2 aromatic carbocycles. The lowest BCUT2D eigenvalue weighted by Gasteiger charge is -2.35. The van der Waals surface area contributed by atoms with Crippen molar-refractivity contribution in [2.75, 3.05) is 44.4 Å². The summed E-state index contributed by atoms with van der Waals surface area (Å²) in [4.78, 5) is 19.3. The van der Waals surface area contributed by atoms with Crippen molar-refractivity contribution in [3.05, 3.63) is 45.9 Å². The van der Waals surface area contributed by atoms with Crippen molar-refractivity contribution in [2.45, 2.75) is 59.0 Å². The number of hydrogen-bond donors (Lipinski definition) is 2. The molecule has 1 fully saturated rings. The third-order valence-electron chi connectivity index (χ3n) is 7.70. The van der Waals surface area contributed by atoms with Crippen molar-refractivity contribution < 1.29 is 13.9 Å². The molecule has 2 N–H and O–H groups in total. The molecule has 1 aliphatic rings. The molecule has 0 spiro atoms. The summed E-state index contributed by atoms with van der Waals surface area (Å²) >= 11 is 0. The second kappa shape index (κ2) is 11.9. The fraction of sp³-hybridized carbons (Fsp3) is 0.484. The third kappa shape index (κ3) is 5.02. The van der Waals surface area contributed by atoms with Gasteiger partial charge in [-0.25, -0.2) is 4.39 Å². The molecule has 0 amide bonds. The van der Waals surface area contributed by atoms with Crippen LogP contribution in [0.1, 0.15) is 58.6 Å². The highest BCUT2D eigenvalue weighted by atomic mass is 19.1. The average molecular weight is 548 g/mol. The standard InChI is InChI=1S/C31H38FN5O3/c1-5-14-39-15-11-34-21-9-12-36(13-10-21)29-25(40-6-2)17-23-28(27(29)32)37(19(3)4)31-26(30(23)38)22-8-7-20(18-33)16-24(22)35-31/h7-8,16-17,19,21,34-35H,5-6,9-15H2,1-4H3. The molecule has 0 atom stereocenters. The lowest BCUT2D eigenvalue weighted by atomic mass is 10.0. The monoisotopic (exact) mass is 547 g/mol. The van der Waals surface area contributed by atoms with Gasteiger partial charge in [-0.1, -0.05) is 13.0 Å². The molecule has 4 aromatic rings. The molecule has 8 nitrogen and oxygen atoms in total. The van der Waals surface area contributed by atoms with Gasteiger partial charge in [-0.05, 0) is 58.2 Å². The number of aromatic amines is 1. The number of H-pyrrole nitrogens is 1. The van der Waals surface area contributed by atoms with Crippen LogP contribution in [0.25, 0.3) is 32.8 Å². The van der Waals surface area contributed by atoms with Crippen LogP contribution >= 0.6 is 0 Å².